The molecule has 1 aromatic carbocycles. The molecule has 0 heterocycles. The summed E-state index contributed by atoms with van der Waals surface area (Å²) in [5, 5.41) is 0. The number of hydrogen-bond acceptors (Lipinski definition) is 1. The maximum Gasteiger partial charge on any atom is -0.000556 e. The van der Waals surface area contributed by atoms with Crippen molar-refractivity contribution in [3.05, 3.63) is 35.9 Å². The first-order valence-electron chi connectivity index (χ1n) is 6.17. The van der Waals surface area contributed by atoms with Gasteiger partial charge in [-0.05, 0) is 36.8 Å². The first-order chi connectivity index (χ1) is 7.42. The van der Waals surface area contributed by atoms with E-state index in [-0.39, 0.29) is 0 Å². The molecule has 1 atom stereocenters. The lowest BCUT2D eigenvalue weighted by molar-refractivity contribution is 0.307. The molecule has 0 amide bonds. The van der Waals surface area contributed by atoms with Crippen LogP contribution < -0.4 is 5.73 Å². The third kappa shape index (κ3) is 2.60. The molecule has 2 N–H and O–H groups in total. The molecule has 0 aromatic heterocycles. The Morgan fingerprint density at radius 1 is 1.07 bits per heavy atom. The second kappa shape index (κ2) is 5.32. The Hall–Kier alpha value is -0.820. The monoisotopic (exact) mass is 203 g/mol. The van der Waals surface area contributed by atoms with Gasteiger partial charge in [-0.2, -0.15) is 0 Å². The van der Waals surface area contributed by atoms with E-state index in [4.69, 9.17) is 5.73 Å². The van der Waals surface area contributed by atoms with Crippen molar-refractivity contribution in [2.24, 2.45) is 11.7 Å². The van der Waals surface area contributed by atoms with E-state index in [1.165, 1.54) is 37.7 Å². The lowest BCUT2D eigenvalue weighted by atomic mass is 9.77. The first-order valence-corrected chi connectivity index (χ1v) is 6.17. The van der Waals surface area contributed by atoms with Gasteiger partial charge in [-0.3, -0.25) is 0 Å². The van der Waals surface area contributed by atoms with Crippen LogP contribution in [0.4, 0.5) is 0 Å². The third-order valence-electron chi connectivity index (χ3n) is 3.70. The summed E-state index contributed by atoms with van der Waals surface area (Å²) in [7, 11) is 0. The van der Waals surface area contributed by atoms with Crippen molar-refractivity contribution in [2.75, 3.05) is 6.54 Å². The Balaban J connectivity index is 2.09. The molecule has 1 fully saturated rings. The largest absolute Gasteiger partial charge is 0.330 e. The molecule has 0 radical (unpaired) electrons. The van der Waals surface area contributed by atoms with E-state index in [2.05, 4.69) is 30.3 Å². The molecule has 2 rings (SSSR count). The topological polar surface area (TPSA) is 26.0 Å². The smallest absolute Gasteiger partial charge is 0.000556 e. The lowest BCUT2D eigenvalue weighted by Gasteiger charge is -2.29. The van der Waals surface area contributed by atoms with E-state index in [9.17, 15) is 0 Å². The van der Waals surface area contributed by atoms with Crippen LogP contribution in [0.3, 0.4) is 0 Å². The number of rotatable bonds is 3. The Bertz CT molecular complexity index is 275. The lowest BCUT2D eigenvalue weighted by Crippen LogP contribution is -2.23. The molecule has 0 aliphatic heterocycles. The van der Waals surface area contributed by atoms with Gasteiger partial charge in [-0.25, -0.2) is 0 Å². The summed E-state index contributed by atoms with van der Waals surface area (Å²) in [6.07, 6.45) is 6.96. The van der Waals surface area contributed by atoms with E-state index in [1.807, 2.05) is 0 Å². The molecule has 82 valence electrons. The molecule has 1 saturated carbocycles. The molecular weight excluding hydrogens is 182 g/mol. The highest BCUT2D eigenvalue weighted by atomic mass is 14.6. The van der Waals surface area contributed by atoms with Crippen LogP contribution in [0.1, 0.15) is 43.6 Å². The van der Waals surface area contributed by atoms with Crippen LogP contribution in [0, 0.1) is 5.92 Å². The van der Waals surface area contributed by atoms with Gasteiger partial charge in [0, 0.05) is 0 Å². The second-order valence-corrected chi connectivity index (χ2v) is 4.65. The van der Waals surface area contributed by atoms with Gasteiger partial charge in [0.2, 0.25) is 0 Å². The number of nitrogens with two attached hydrogens (primary N) is 1. The Morgan fingerprint density at radius 3 is 2.33 bits per heavy atom. The average Bonchev–Trinajstić information content (AvgIpc) is 2.33. The second-order valence-electron chi connectivity index (χ2n) is 4.65. The highest BCUT2D eigenvalue weighted by Gasteiger charge is 2.23. The summed E-state index contributed by atoms with van der Waals surface area (Å²) < 4.78 is 0. The Labute approximate surface area is 92.7 Å². The summed E-state index contributed by atoms with van der Waals surface area (Å²) in [6, 6.07) is 10.8. The molecule has 0 spiro atoms. The average molecular weight is 203 g/mol. The van der Waals surface area contributed by atoms with Gasteiger partial charge in [-0.1, -0.05) is 49.6 Å². The normalized spacial score (nSPS) is 20.1. The number of hydrogen-bond donors (Lipinski definition) is 1. The molecule has 1 nitrogen and oxygen atoms in total. The van der Waals surface area contributed by atoms with Crippen molar-refractivity contribution < 1.29 is 0 Å². The molecular formula is C14H21N. The van der Waals surface area contributed by atoms with Crippen LogP contribution >= 0.6 is 0 Å². The van der Waals surface area contributed by atoms with Crippen LogP contribution in [0.2, 0.25) is 0 Å². The quantitative estimate of drug-likeness (QED) is 0.801. The summed E-state index contributed by atoms with van der Waals surface area (Å²) in [6.45, 7) is 0.800. The number of benzene rings is 1. The van der Waals surface area contributed by atoms with Gasteiger partial charge < -0.3 is 5.73 Å². The fraction of sp³-hybridized carbons (Fsp3) is 0.571. The van der Waals surface area contributed by atoms with Crippen molar-refractivity contribution >= 4 is 0 Å². The van der Waals surface area contributed by atoms with E-state index in [0.29, 0.717) is 5.92 Å². The summed E-state index contributed by atoms with van der Waals surface area (Å²) in [4.78, 5) is 0. The van der Waals surface area contributed by atoms with Crippen LogP contribution in [0.15, 0.2) is 30.3 Å². The first kappa shape index (κ1) is 10.7. The molecule has 0 bridgehead atoms. The van der Waals surface area contributed by atoms with Gasteiger partial charge in [0.15, 0.2) is 0 Å². The molecule has 0 saturated heterocycles. The maximum atomic E-state index is 5.94. The van der Waals surface area contributed by atoms with E-state index >= 15 is 0 Å². The fourth-order valence-electron chi connectivity index (χ4n) is 2.84. The summed E-state index contributed by atoms with van der Waals surface area (Å²) in [5.41, 5.74) is 7.37. The van der Waals surface area contributed by atoms with Crippen LogP contribution in [0.5, 0.6) is 0 Å². The van der Waals surface area contributed by atoms with Crippen LogP contribution in [-0.2, 0) is 0 Å². The zero-order valence-electron chi connectivity index (χ0n) is 9.36. The van der Waals surface area contributed by atoms with E-state index in [1.54, 1.807) is 0 Å². The Kier molecular flexibility index (Phi) is 3.79. The predicted molar refractivity (Wildman–Crippen MR) is 64.8 cm³/mol. The third-order valence-corrected chi connectivity index (χ3v) is 3.70. The van der Waals surface area contributed by atoms with Crippen molar-refractivity contribution in [1.29, 1.82) is 0 Å². The van der Waals surface area contributed by atoms with Crippen molar-refractivity contribution in [3.63, 3.8) is 0 Å². The molecule has 1 aromatic rings. The molecule has 15 heavy (non-hydrogen) atoms. The molecule has 0 unspecified atom stereocenters. The molecule has 1 heteroatoms. The zero-order chi connectivity index (χ0) is 10.5. The minimum absolute atomic E-state index is 0.589. The molecule has 1 aliphatic rings. The van der Waals surface area contributed by atoms with Gasteiger partial charge in [0.25, 0.3) is 0 Å². The van der Waals surface area contributed by atoms with Crippen molar-refractivity contribution in [1.82, 2.24) is 0 Å². The van der Waals surface area contributed by atoms with Crippen molar-refractivity contribution in [2.45, 2.75) is 38.0 Å². The van der Waals surface area contributed by atoms with Gasteiger partial charge in [0.1, 0.15) is 0 Å². The summed E-state index contributed by atoms with van der Waals surface area (Å²) >= 11 is 0. The fourth-order valence-corrected chi connectivity index (χ4v) is 2.84. The Morgan fingerprint density at radius 2 is 1.73 bits per heavy atom. The van der Waals surface area contributed by atoms with E-state index in [0.717, 1.165) is 12.5 Å². The molecule has 1 aliphatic carbocycles. The van der Waals surface area contributed by atoms with E-state index < -0.39 is 0 Å². The van der Waals surface area contributed by atoms with Crippen LogP contribution in [-0.4, -0.2) is 6.54 Å². The minimum atomic E-state index is 0.589. The van der Waals surface area contributed by atoms with Crippen molar-refractivity contribution in [3.8, 4) is 0 Å². The SMILES string of the molecule is NC[C@@H](c1ccccc1)C1CCCCC1. The predicted octanol–water partition coefficient (Wildman–Crippen LogP) is 3.31. The van der Waals surface area contributed by atoms with Gasteiger partial charge >= 0.3 is 0 Å². The maximum absolute atomic E-state index is 5.94. The van der Waals surface area contributed by atoms with Gasteiger partial charge in [0.05, 0.1) is 0 Å². The minimum Gasteiger partial charge on any atom is -0.330 e. The van der Waals surface area contributed by atoms with Crippen LogP contribution in [0.25, 0.3) is 0 Å². The highest BCUT2D eigenvalue weighted by Crippen LogP contribution is 2.35. The summed E-state index contributed by atoms with van der Waals surface area (Å²) in [5.74, 6) is 1.41. The van der Waals surface area contributed by atoms with Gasteiger partial charge in [-0.15, -0.1) is 0 Å². The zero-order valence-corrected chi connectivity index (χ0v) is 9.36. The highest BCUT2D eigenvalue weighted by molar-refractivity contribution is 5.20. The standard InChI is InChI=1S/C14H21N/c15-11-14(12-7-3-1-4-8-12)13-9-5-2-6-10-13/h1,3-4,7-8,13-14H,2,5-6,9-11,15H2/t14-/m0/s1.